The number of primary amides is 1. The fourth-order valence-electron chi connectivity index (χ4n) is 0.792. The van der Waals surface area contributed by atoms with E-state index in [2.05, 4.69) is 6.58 Å². The van der Waals surface area contributed by atoms with Crippen LogP contribution in [-0.4, -0.2) is 5.91 Å². The maximum atomic E-state index is 10.4. The molecule has 2 nitrogen and oxygen atoms in total. The van der Waals surface area contributed by atoms with Crippen molar-refractivity contribution in [3.8, 4) is 0 Å². The lowest BCUT2D eigenvalue weighted by atomic mass is 10.1. The van der Waals surface area contributed by atoms with E-state index in [9.17, 15) is 4.79 Å². The van der Waals surface area contributed by atoms with Gasteiger partial charge in [0.25, 0.3) is 0 Å². The molecule has 0 fully saturated rings. The highest BCUT2D eigenvalue weighted by Crippen LogP contribution is 2.02. The van der Waals surface area contributed by atoms with Crippen molar-refractivity contribution in [3.63, 3.8) is 0 Å². The summed E-state index contributed by atoms with van der Waals surface area (Å²) in [5.74, 6) is -0.00629. The van der Waals surface area contributed by atoms with Crippen LogP contribution in [0, 0.1) is 5.92 Å². The Morgan fingerprint density at radius 1 is 1.73 bits per heavy atom. The number of hydrogen-bond donors (Lipinski definition) is 1. The molecule has 0 heterocycles. The van der Waals surface area contributed by atoms with Crippen molar-refractivity contribution in [2.45, 2.75) is 19.8 Å². The number of carbonyl (C=O) groups excluding carboxylic acids is 1. The van der Waals surface area contributed by atoms with Crippen LogP contribution in [0.15, 0.2) is 24.8 Å². The van der Waals surface area contributed by atoms with E-state index in [1.807, 2.05) is 25.2 Å². The van der Waals surface area contributed by atoms with E-state index in [-0.39, 0.29) is 11.8 Å². The van der Waals surface area contributed by atoms with Gasteiger partial charge in [0.05, 0.1) is 0 Å². The van der Waals surface area contributed by atoms with Crippen molar-refractivity contribution in [1.82, 2.24) is 0 Å². The van der Waals surface area contributed by atoms with E-state index >= 15 is 0 Å². The van der Waals surface area contributed by atoms with E-state index < -0.39 is 0 Å². The maximum Gasteiger partial charge on any atom is 0.217 e. The minimum Gasteiger partial charge on any atom is -0.370 e. The predicted octanol–water partition coefficient (Wildman–Crippen LogP) is 1.63. The van der Waals surface area contributed by atoms with Gasteiger partial charge in [0.15, 0.2) is 0 Å². The number of allylic oxidation sites excluding steroid dienone is 3. The Morgan fingerprint density at radius 3 is 2.82 bits per heavy atom. The monoisotopic (exact) mass is 153 g/mol. The number of nitrogens with two attached hydrogens (primary N) is 1. The standard InChI is InChI=1S/C9H15NO/c1-3-4-5-6-8(2)7-9(10)11/h3,5-6,8H,1,4,7H2,2H3,(H2,10,11)/t8-/m0/s1. The Labute approximate surface area is 67.8 Å². The molecule has 0 spiro atoms. The topological polar surface area (TPSA) is 43.1 Å². The molecule has 0 bridgehead atoms. The van der Waals surface area contributed by atoms with Crippen LogP contribution in [0.2, 0.25) is 0 Å². The van der Waals surface area contributed by atoms with Crippen LogP contribution in [0.4, 0.5) is 0 Å². The highest BCUT2D eigenvalue weighted by atomic mass is 16.1. The summed E-state index contributed by atoms with van der Waals surface area (Å²) >= 11 is 0. The van der Waals surface area contributed by atoms with Gasteiger partial charge in [0.1, 0.15) is 0 Å². The highest BCUT2D eigenvalue weighted by molar-refractivity contribution is 5.74. The van der Waals surface area contributed by atoms with Gasteiger partial charge in [-0.1, -0.05) is 25.2 Å². The van der Waals surface area contributed by atoms with Gasteiger partial charge in [0.2, 0.25) is 5.91 Å². The molecule has 0 aliphatic rings. The Bertz CT molecular complexity index is 161. The number of hydrogen-bond acceptors (Lipinski definition) is 1. The van der Waals surface area contributed by atoms with E-state index in [1.165, 1.54) is 0 Å². The van der Waals surface area contributed by atoms with E-state index in [4.69, 9.17) is 5.73 Å². The van der Waals surface area contributed by atoms with Gasteiger partial charge < -0.3 is 5.73 Å². The molecule has 0 aliphatic carbocycles. The van der Waals surface area contributed by atoms with Crippen LogP contribution < -0.4 is 5.73 Å². The molecule has 2 N–H and O–H groups in total. The van der Waals surface area contributed by atoms with Crippen molar-refractivity contribution < 1.29 is 4.79 Å². The molecule has 0 saturated heterocycles. The van der Waals surface area contributed by atoms with Crippen LogP contribution in [0.1, 0.15) is 19.8 Å². The van der Waals surface area contributed by atoms with Crippen LogP contribution in [0.5, 0.6) is 0 Å². The highest BCUT2D eigenvalue weighted by Gasteiger charge is 1.99. The fourth-order valence-corrected chi connectivity index (χ4v) is 0.792. The number of rotatable bonds is 5. The Kier molecular flexibility index (Phi) is 5.17. The Balaban J connectivity index is 3.58. The van der Waals surface area contributed by atoms with E-state index in [1.54, 1.807) is 0 Å². The first-order valence-corrected chi connectivity index (χ1v) is 3.72. The van der Waals surface area contributed by atoms with Crippen molar-refractivity contribution in [3.05, 3.63) is 24.8 Å². The van der Waals surface area contributed by atoms with Gasteiger partial charge in [-0.3, -0.25) is 4.79 Å². The Hall–Kier alpha value is -1.05. The van der Waals surface area contributed by atoms with E-state index in [0.29, 0.717) is 6.42 Å². The van der Waals surface area contributed by atoms with E-state index in [0.717, 1.165) is 6.42 Å². The minimum atomic E-state index is -0.249. The molecular weight excluding hydrogens is 138 g/mol. The molecule has 2 heteroatoms. The average Bonchev–Trinajstić information content (AvgIpc) is 1.86. The third kappa shape index (κ3) is 6.84. The SMILES string of the molecule is C=CCC=C[C@H](C)CC(N)=O. The summed E-state index contributed by atoms with van der Waals surface area (Å²) in [6.07, 6.45) is 7.05. The second-order valence-corrected chi connectivity index (χ2v) is 2.60. The second kappa shape index (κ2) is 5.71. The summed E-state index contributed by atoms with van der Waals surface area (Å²) in [5.41, 5.74) is 5.00. The maximum absolute atomic E-state index is 10.4. The van der Waals surface area contributed by atoms with Gasteiger partial charge in [-0.2, -0.15) is 0 Å². The molecule has 0 saturated carbocycles. The van der Waals surface area contributed by atoms with Crippen molar-refractivity contribution >= 4 is 5.91 Å². The van der Waals surface area contributed by atoms with Crippen LogP contribution >= 0.6 is 0 Å². The fraction of sp³-hybridized carbons (Fsp3) is 0.444. The predicted molar refractivity (Wildman–Crippen MR) is 46.9 cm³/mol. The summed E-state index contributed by atoms with van der Waals surface area (Å²) in [4.78, 5) is 10.4. The molecule has 0 unspecified atom stereocenters. The van der Waals surface area contributed by atoms with Crippen LogP contribution in [-0.2, 0) is 4.79 Å². The molecule has 62 valence electrons. The van der Waals surface area contributed by atoms with Crippen molar-refractivity contribution in [2.75, 3.05) is 0 Å². The first kappa shape index (κ1) is 9.95. The molecule has 0 aromatic heterocycles. The average molecular weight is 153 g/mol. The molecule has 11 heavy (non-hydrogen) atoms. The molecule has 1 atom stereocenters. The summed E-state index contributed by atoms with van der Waals surface area (Å²) in [6.45, 7) is 5.54. The van der Waals surface area contributed by atoms with Crippen LogP contribution in [0.3, 0.4) is 0 Å². The van der Waals surface area contributed by atoms with Crippen molar-refractivity contribution in [2.24, 2.45) is 11.7 Å². The Morgan fingerprint density at radius 2 is 2.36 bits per heavy atom. The second-order valence-electron chi connectivity index (χ2n) is 2.60. The normalized spacial score (nSPS) is 13.2. The minimum absolute atomic E-state index is 0.243. The molecule has 0 radical (unpaired) electrons. The summed E-state index contributed by atoms with van der Waals surface area (Å²) in [7, 11) is 0. The van der Waals surface area contributed by atoms with Gasteiger partial charge in [-0.25, -0.2) is 0 Å². The number of carbonyl (C=O) groups is 1. The lowest BCUT2D eigenvalue weighted by Crippen LogP contribution is -2.13. The lowest BCUT2D eigenvalue weighted by molar-refractivity contribution is -0.118. The van der Waals surface area contributed by atoms with Crippen LogP contribution in [0.25, 0.3) is 0 Å². The quantitative estimate of drug-likeness (QED) is 0.599. The third-order valence-corrected chi connectivity index (χ3v) is 1.29. The summed E-state index contributed by atoms with van der Waals surface area (Å²) < 4.78 is 0. The zero-order valence-electron chi connectivity index (χ0n) is 6.92. The smallest absolute Gasteiger partial charge is 0.217 e. The third-order valence-electron chi connectivity index (χ3n) is 1.29. The lowest BCUT2D eigenvalue weighted by Gasteiger charge is -2.00. The first-order chi connectivity index (χ1) is 5.16. The first-order valence-electron chi connectivity index (χ1n) is 3.72. The molecule has 1 amide bonds. The largest absolute Gasteiger partial charge is 0.370 e. The zero-order valence-corrected chi connectivity index (χ0v) is 6.92. The van der Waals surface area contributed by atoms with Gasteiger partial charge in [-0.15, -0.1) is 6.58 Å². The molecular formula is C9H15NO. The van der Waals surface area contributed by atoms with Gasteiger partial charge >= 0.3 is 0 Å². The molecule has 0 aliphatic heterocycles. The molecule has 0 aromatic carbocycles. The molecule has 0 aromatic rings. The van der Waals surface area contributed by atoms with Gasteiger partial charge in [-0.05, 0) is 12.3 Å². The zero-order chi connectivity index (χ0) is 8.69. The summed E-state index contributed by atoms with van der Waals surface area (Å²) in [6, 6.07) is 0. The molecule has 0 rings (SSSR count). The summed E-state index contributed by atoms with van der Waals surface area (Å²) in [5, 5.41) is 0. The van der Waals surface area contributed by atoms with Crippen molar-refractivity contribution in [1.29, 1.82) is 0 Å². The number of amides is 1. The van der Waals surface area contributed by atoms with Gasteiger partial charge in [0, 0.05) is 6.42 Å².